The van der Waals surface area contributed by atoms with Crippen molar-refractivity contribution in [3.05, 3.63) is 218 Å². The van der Waals surface area contributed by atoms with Crippen molar-refractivity contribution in [2.45, 2.75) is 0 Å². The van der Waals surface area contributed by atoms with E-state index in [2.05, 4.69) is 228 Å². The third-order valence-corrected chi connectivity index (χ3v) is 10.4. The Labute approximate surface area is 315 Å². The van der Waals surface area contributed by atoms with Crippen molar-refractivity contribution in [3.63, 3.8) is 0 Å². The lowest BCUT2D eigenvalue weighted by Crippen LogP contribution is -2.09. The van der Waals surface area contributed by atoms with Crippen LogP contribution in [0.3, 0.4) is 0 Å². The van der Waals surface area contributed by atoms with Crippen LogP contribution in [0.25, 0.3) is 71.6 Å². The molecule has 0 unspecified atom stereocenters. The van der Waals surface area contributed by atoms with Gasteiger partial charge in [0.25, 0.3) is 0 Å². The maximum atomic E-state index is 3.54. The normalized spacial score (nSPS) is 11.2. The Kier molecular flexibility index (Phi) is 7.75. The van der Waals surface area contributed by atoms with Gasteiger partial charge in [0, 0.05) is 38.8 Å². The van der Waals surface area contributed by atoms with Gasteiger partial charge >= 0.3 is 0 Å². The highest BCUT2D eigenvalue weighted by Crippen LogP contribution is 2.39. The van der Waals surface area contributed by atoms with Crippen LogP contribution >= 0.6 is 0 Å². The van der Waals surface area contributed by atoms with Crippen LogP contribution in [0.15, 0.2) is 206 Å². The summed E-state index contributed by atoms with van der Waals surface area (Å²) in [5.41, 5.74) is 13.5. The van der Waals surface area contributed by atoms with Crippen molar-refractivity contribution in [2.75, 3.05) is 4.90 Å². The van der Waals surface area contributed by atoms with Gasteiger partial charge in [0.15, 0.2) is 0 Å². The second-order valence-electron chi connectivity index (χ2n) is 13.6. The Morgan fingerprint density at radius 2 is 0.833 bits per heavy atom. The highest BCUT2D eigenvalue weighted by atomic mass is 15.1. The minimum Gasteiger partial charge on any atom is -0.311 e. The fraction of sp³-hybridized carbons (Fsp3) is 0. The standard InChI is InChI=1S/C52H34N2/c1-3-11-37(12-4-1)39-19-28-44(29-20-39)53(45-30-21-40(22-31-45)38-13-5-2-6-14-38)46-32-23-41(24-33-46)42-25-34-47(35-26-42)54-51-18-10-9-17-49(51)50-36-27-43-15-7-8-16-48(43)52(50)54/h1-25,27-34,36H. The maximum absolute atomic E-state index is 3.54. The Hall–Kier alpha value is -7.34. The SMILES string of the molecule is c1c(-c2ccc(N(c3ccc(-c4ccccc4)cc3)c3ccc(-c4ccccc4)cc3)cc2)ccc(-n2c3ccccc3c3ccc4ccccc4c32)c#1. The van der Waals surface area contributed by atoms with E-state index >= 15 is 0 Å². The summed E-state index contributed by atoms with van der Waals surface area (Å²) in [7, 11) is 0. The van der Waals surface area contributed by atoms with Gasteiger partial charge in [-0.25, -0.2) is 0 Å². The highest BCUT2D eigenvalue weighted by molar-refractivity contribution is 6.18. The lowest BCUT2D eigenvalue weighted by Gasteiger charge is -2.26. The van der Waals surface area contributed by atoms with E-state index < -0.39 is 0 Å². The molecule has 1 aromatic heterocycles. The smallest absolute Gasteiger partial charge is 0.0974 e. The molecule has 2 heteroatoms. The van der Waals surface area contributed by atoms with Crippen molar-refractivity contribution in [1.82, 2.24) is 4.57 Å². The Morgan fingerprint density at radius 1 is 0.333 bits per heavy atom. The molecule has 0 amide bonds. The molecule has 2 nitrogen and oxygen atoms in total. The summed E-state index contributed by atoms with van der Waals surface area (Å²) in [6.45, 7) is 0. The molecule has 0 saturated heterocycles. The maximum Gasteiger partial charge on any atom is 0.0974 e. The van der Waals surface area contributed by atoms with Crippen LogP contribution in [0.5, 0.6) is 0 Å². The zero-order valence-corrected chi connectivity index (χ0v) is 29.5. The molecule has 0 aliphatic carbocycles. The Balaban J connectivity index is 1.01. The first kappa shape index (κ1) is 31.4. The van der Waals surface area contributed by atoms with E-state index in [1.54, 1.807) is 0 Å². The van der Waals surface area contributed by atoms with Crippen LogP contribution in [0.4, 0.5) is 17.1 Å². The van der Waals surface area contributed by atoms with Crippen molar-refractivity contribution >= 4 is 49.6 Å². The fourth-order valence-corrected chi connectivity index (χ4v) is 7.76. The van der Waals surface area contributed by atoms with Gasteiger partial charge in [0.2, 0.25) is 0 Å². The first-order valence-corrected chi connectivity index (χ1v) is 18.4. The van der Waals surface area contributed by atoms with E-state index in [0.717, 1.165) is 33.9 Å². The summed E-state index contributed by atoms with van der Waals surface area (Å²) in [5.74, 6) is 0. The number of fused-ring (bicyclic) bond motifs is 5. The van der Waals surface area contributed by atoms with Gasteiger partial charge in [0.1, 0.15) is 0 Å². The summed E-state index contributed by atoms with van der Waals surface area (Å²) in [6, 6.07) is 80.6. The molecule has 0 atom stereocenters. The Morgan fingerprint density at radius 3 is 1.41 bits per heavy atom. The molecule has 1 heterocycles. The largest absolute Gasteiger partial charge is 0.311 e. The lowest BCUT2D eigenvalue weighted by molar-refractivity contribution is 1.19. The average Bonchev–Trinajstić information content (AvgIpc) is 3.60. The monoisotopic (exact) mass is 686 g/mol. The number of rotatable bonds is 7. The second-order valence-corrected chi connectivity index (χ2v) is 13.6. The zero-order valence-electron chi connectivity index (χ0n) is 29.5. The van der Waals surface area contributed by atoms with Crippen LogP contribution in [-0.2, 0) is 0 Å². The fourth-order valence-electron chi connectivity index (χ4n) is 7.76. The molecule has 0 N–H and O–H groups in total. The Bertz CT molecular complexity index is 2790. The van der Waals surface area contributed by atoms with Crippen LogP contribution in [0, 0.1) is 12.1 Å². The minimum absolute atomic E-state index is 0.974. The van der Waals surface area contributed by atoms with E-state index in [4.69, 9.17) is 0 Å². The van der Waals surface area contributed by atoms with E-state index in [-0.39, 0.29) is 0 Å². The summed E-state index contributed by atoms with van der Waals surface area (Å²) in [6.07, 6.45) is 0. The first-order chi connectivity index (χ1) is 26.8. The molecule has 0 radical (unpaired) electrons. The number of para-hydroxylation sites is 1. The summed E-state index contributed by atoms with van der Waals surface area (Å²) in [4.78, 5) is 2.32. The van der Waals surface area contributed by atoms with Gasteiger partial charge in [-0.1, -0.05) is 158 Å². The molecule has 10 rings (SSSR count). The molecule has 0 saturated carbocycles. The van der Waals surface area contributed by atoms with Gasteiger partial charge < -0.3 is 9.47 Å². The predicted molar refractivity (Wildman–Crippen MR) is 227 cm³/mol. The van der Waals surface area contributed by atoms with Crippen LogP contribution in [0.2, 0.25) is 0 Å². The third kappa shape index (κ3) is 5.57. The highest BCUT2D eigenvalue weighted by Gasteiger charge is 2.16. The van der Waals surface area contributed by atoms with Crippen LogP contribution < -0.4 is 4.90 Å². The predicted octanol–water partition coefficient (Wildman–Crippen LogP) is 14.0. The van der Waals surface area contributed by atoms with E-state index in [0.29, 0.717) is 0 Å². The number of nitrogens with zero attached hydrogens (tertiary/aromatic N) is 2. The van der Waals surface area contributed by atoms with Crippen molar-refractivity contribution in [1.29, 1.82) is 0 Å². The van der Waals surface area contributed by atoms with E-state index in [1.165, 1.54) is 54.8 Å². The van der Waals surface area contributed by atoms with Crippen LogP contribution in [0.1, 0.15) is 0 Å². The molecule has 0 fully saturated rings. The zero-order chi connectivity index (χ0) is 35.8. The van der Waals surface area contributed by atoms with E-state index in [1.807, 2.05) is 0 Å². The number of anilines is 3. The van der Waals surface area contributed by atoms with Gasteiger partial charge in [-0.15, -0.1) is 0 Å². The summed E-state index contributed by atoms with van der Waals surface area (Å²) >= 11 is 0. The van der Waals surface area contributed by atoms with Crippen molar-refractivity contribution in [2.24, 2.45) is 0 Å². The lowest BCUT2D eigenvalue weighted by atomic mass is 10.0. The number of benzene rings is 8. The molecule has 0 spiro atoms. The third-order valence-electron chi connectivity index (χ3n) is 10.4. The molecule has 10 aromatic rings. The van der Waals surface area contributed by atoms with Gasteiger partial charge in [-0.05, 0) is 93.9 Å². The average molecular weight is 687 g/mol. The quantitative estimate of drug-likeness (QED) is 0.162. The molecule has 54 heavy (non-hydrogen) atoms. The molecular weight excluding hydrogens is 653 g/mol. The van der Waals surface area contributed by atoms with Crippen LogP contribution in [-0.4, -0.2) is 4.57 Å². The van der Waals surface area contributed by atoms with Crippen molar-refractivity contribution in [3.8, 4) is 39.1 Å². The molecule has 0 aliphatic heterocycles. The van der Waals surface area contributed by atoms with Crippen molar-refractivity contribution < 1.29 is 0 Å². The number of hydrogen-bond acceptors (Lipinski definition) is 1. The topological polar surface area (TPSA) is 8.17 Å². The summed E-state index contributed by atoms with van der Waals surface area (Å²) < 4.78 is 2.33. The minimum atomic E-state index is 0.974. The molecule has 0 bridgehead atoms. The van der Waals surface area contributed by atoms with Gasteiger partial charge in [0.05, 0.1) is 16.7 Å². The molecule has 252 valence electrons. The molecule has 0 aliphatic rings. The number of aromatic nitrogens is 1. The number of hydrogen-bond donors (Lipinski definition) is 0. The summed E-state index contributed by atoms with van der Waals surface area (Å²) in [5, 5.41) is 4.93. The second kappa shape index (κ2) is 13.3. The van der Waals surface area contributed by atoms with Gasteiger partial charge in [-0.3, -0.25) is 0 Å². The first-order valence-electron chi connectivity index (χ1n) is 18.4. The van der Waals surface area contributed by atoms with Gasteiger partial charge in [-0.2, -0.15) is 0 Å². The molecular formula is C52H34N2. The van der Waals surface area contributed by atoms with E-state index in [9.17, 15) is 0 Å². The molecule has 9 aromatic carbocycles.